The molecule has 4 nitrogen and oxygen atoms in total. The number of nitrogens with one attached hydrogen (secondary N) is 1. The zero-order valence-electron chi connectivity index (χ0n) is 9.24. The summed E-state index contributed by atoms with van der Waals surface area (Å²) >= 11 is 0. The fraction of sp³-hybridized carbons (Fsp3) is 0.167. The van der Waals surface area contributed by atoms with Crippen molar-refractivity contribution in [2.45, 2.75) is 13.8 Å². The Kier molecular flexibility index (Phi) is 2.48. The molecule has 0 aliphatic carbocycles. The van der Waals surface area contributed by atoms with E-state index in [1.165, 1.54) is 0 Å². The topological polar surface area (TPSA) is 75.4 Å². The van der Waals surface area contributed by atoms with Gasteiger partial charge in [-0.1, -0.05) is 18.2 Å². The average Bonchev–Trinajstić information content (AvgIpc) is 2.56. The molecule has 0 aliphatic rings. The molecule has 0 aliphatic heterocycles. The molecule has 0 radical (unpaired) electrons. The Labute approximate surface area is 93.3 Å². The van der Waals surface area contributed by atoms with Crippen molar-refractivity contribution in [2.24, 2.45) is 10.7 Å². The smallest absolute Gasteiger partial charge is 0.190 e. The number of furan rings is 1. The lowest BCUT2D eigenvalue weighted by Gasteiger charge is -1.95. The Morgan fingerprint density at radius 3 is 2.69 bits per heavy atom. The van der Waals surface area contributed by atoms with Crippen molar-refractivity contribution in [1.82, 2.24) is 0 Å². The summed E-state index contributed by atoms with van der Waals surface area (Å²) in [5, 5.41) is 8.78. The molecule has 1 heterocycles. The maximum atomic E-state index is 7.77. The van der Waals surface area contributed by atoms with E-state index in [-0.39, 0.29) is 5.84 Å². The molecule has 16 heavy (non-hydrogen) atoms. The molecule has 0 saturated carbocycles. The van der Waals surface area contributed by atoms with Crippen LogP contribution in [0.1, 0.15) is 18.2 Å². The van der Waals surface area contributed by atoms with Gasteiger partial charge in [-0.15, -0.1) is 0 Å². The van der Waals surface area contributed by atoms with Gasteiger partial charge in [0.15, 0.2) is 11.6 Å². The SMILES string of the molecule is CC(N)=NC(=N)c1oc2ccccc2c1C. The van der Waals surface area contributed by atoms with Crippen LogP contribution in [-0.4, -0.2) is 11.7 Å². The number of hydrogen-bond acceptors (Lipinski definition) is 2. The zero-order valence-corrected chi connectivity index (χ0v) is 9.24. The van der Waals surface area contributed by atoms with Crippen molar-refractivity contribution in [3.63, 3.8) is 0 Å². The minimum atomic E-state index is 0.0636. The molecule has 82 valence electrons. The monoisotopic (exact) mass is 215 g/mol. The Morgan fingerprint density at radius 1 is 1.38 bits per heavy atom. The number of aliphatic imine (C=N–C) groups is 1. The Hall–Kier alpha value is -2.10. The van der Waals surface area contributed by atoms with Crippen LogP contribution < -0.4 is 5.73 Å². The molecule has 1 aromatic heterocycles. The van der Waals surface area contributed by atoms with E-state index in [0.29, 0.717) is 11.6 Å². The number of rotatable bonds is 1. The molecule has 0 atom stereocenters. The lowest BCUT2D eigenvalue weighted by atomic mass is 10.1. The lowest BCUT2D eigenvalue weighted by Crippen LogP contribution is -2.09. The molecule has 0 amide bonds. The van der Waals surface area contributed by atoms with Gasteiger partial charge in [0.05, 0.1) is 5.84 Å². The Balaban J connectivity index is 2.58. The fourth-order valence-corrected chi connectivity index (χ4v) is 1.63. The second-order valence-electron chi connectivity index (χ2n) is 3.65. The number of aryl methyl sites for hydroxylation is 1. The van der Waals surface area contributed by atoms with Crippen LogP contribution in [-0.2, 0) is 0 Å². The van der Waals surface area contributed by atoms with E-state index in [0.717, 1.165) is 16.5 Å². The van der Waals surface area contributed by atoms with Crippen molar-refractivity contribution in [1.29, 1.82) is 5.41 Å². The van der Waals surface area contributed by atoms with Crippen LogP contribution in [0.3, 0.4) is 0 Å². The van der Waals surface area contributed by atoms with E-state index in [1.807, 2.05) is 31.2 Å². The highest BCUT2D eigenvalue weighted by atomic mass is 16.3. The summed E-state index contributed by atoms with van der Waals surface area (Å²) in [6.45, 7) is 3.56. The van der Waals surface area contributed by atoms with E-state index in [9.17, 15) is 0 Å². The van der Waals surface area contributed by atoms with E-state index in [4.69, 9.17) is 15.6 Å². The highest BCUT2D eigenvalue weighted by Crippen LogP contribution is 2.25. The third-order valence-electron chi connectivity index (χ3n) is 2.35. The van der Waals surface area contributed by atoms with Gasteiger partial charge < -0.3 is 10.2 Å². The Bertz CT molecular complexity index is 577. The fourth-order valence-electron chi connectivity index (χ4n) is 1.63. The highest BCUT2D eigenvalue weighted by molar-refractivity contribution is 6.05. The molecule has 4 heteroatoms. The van der Waals surface area contributed by atoms with E-state index in [1.54, 1.807) is 6.92 Å². The lowest BCUT2D eigenvalue weighted by molar-refractivity contribution is 0.600. The molecule has 0 bridgehead atoms. The van der Waals surface area contributed by atoms with E-state index < -0.39 is 0 Å². The molecule has 0 fully saturated rings. The van der Waals surface area contributed by atoms with Crippen LogP contribution in [0.25, 0.3) is 11.0 Å². The van der Waals surface area contributed by atoms with Gasteiger partial charge in [0.25, 0.3) is 0 Å². The summed E-state index contributed by atoms with van der Waals surface area (Å²) in [7, 11) is 0. The first kappa shape index (κ1) is 10.4. The molecule has 3 N–H and O–H groups in total. The third kappa shape index (κ3) is 1.69. The van der Waals surface area contributed by atoms with Gasteiger partial charge in [0.1, 0.15) is 5.58 Å². The van der Waals surface area contributed by atoms with Crippen molar-refractivity contribution in [3.05, 3.63) is 35.6 Å². The highest BCUT2D eigenvalue weighted by Gasteiger charge is 2.13. The number of nitrogens with zero attached hydrogens (tertiary/aromatic N) is 1. The predicted octanol–water partition coefficient (Wildman–Crippen LogP) is 2.44. The van der Waals surface area contributed by atoms with E-state index in [2.05, 4.69) is 4.99 Å². The van der Waals surface area contributed by atoms with Crippen molar-refractivity contribution < 1.29 is 4.42 Å². The molecular weight excluding hydrogens is 202 g/mol. The molecule has 0 saturated heterocycles. The zero-order chi connectivity index (χ0) is 11.7. The van der Waals surface area contributed by atoms with Crippen molar-refractivity contribution >= 4 is 22.6 Å². The van der Waals surface area contributed by atoms with E-state index >= 15 is 0 Å². The number of fused-ring (bicyclic) bond motifs is 1. The first-order valence-corrected chi connectivity index (χ1v) is 4.97. The number of benzene rings is 1. The van der Waals surface area contributed by atoms with Crippen LogP contribution >= 0.6 is 0 Å². The first-order chi connectivity index (χ1) is 7.59. The predicted molar refractivity (Wildman–Crippen MR) is 65.1 cm³/mol. The molecule has 2 rings (SSSR count). The van der Waals surface area contributed by atoms with Crippen LogP contribution in [0.4, 0.5) is 0 Å². The molecule has 0 spiro atoms. The minimum Gasteiger partial charge on any atom is -0.452 e. The number of hydrogen-bond donors (Lipinski definition) is 2. The second-order valence-corrected chi connectivity index (χ2v) is 3.65. The average molecular weight is 215 g/mol. The van der Waals surface area contributed by atoms with Gasteiger partial charge in [-0.25, -0.2) is 4.99 Å². The van der Waals surface area contributed by atoms with Crippen molar-refractivity contribution in [2.75, 3.05) is 0 Å². The van der Waals surface area contributed by atoms with Gasteiger partial charge in [-0.2, -0.15) is 0 Å². The largest absolute Gasteiger partial charge is 0.452 e. The summed E-state index contributed by atoms with van der Waals surface area (Å²) < 4.78 is 5.57. The minimum absolute atomic E-state index is 0.0636. The van der Waals surface area contributed by atoms with Crippen LogP contribution in [0, 0.1) is 12.3 Å². The summed E-state index contributed by atoms with van der Waals surface area (Å²) in [6, 6.07) is 7.67. The van der Waals surface area contributed by atoms with Gasteiger partial charge in [-0.05, 0) is 19.9 Å². The summed E-state index contributed by atoms with van der Waals surface area (Å²) in [6.07, 6.45) is 0. The molecule has 0 unspecified atom stereocenters. The maximum absolute atomic E-state index is 7.77. The third-order valence-corrected chi connectivity index (χ3v) is 2.35. The standard InChI is InChI=1S/C12H13N3O/c1-7-9-5-3-4-6-10(9)16-11(7)12(14)15-8(2)13/h3-6H,1-2H3,(H3,13,14,15). The van der Waals surface area contributed by atoms with Crippen LogP contribution in [0.15, 0.2) is 33.7 Å². The Morgan fingerprint density at radius 2 is 2.06 bits per heavy atom. The van der Waals surface area contributed by atoms with Crippen LogP contribution in [0.5, 0.6) is 0 Å². The second kappa shape index (κ2) is 3.81. The van der Waals surface area contributed by atoms with Gasteiger partial charge >= 0.3 is 0 Å². The van der Waals surface area contributed by atoms with Crippen molar-refractivity contribution in [3.8, 4) is 0 Å². The van der Waals surface area contributed by atoms with Gasteiger partial charge in [-0.3, -0.25) is 5.41 Å². The summed E-state index contributed by atoms with van der Waals surface area (Å²) in [5.74, 6) is 0.893. The summed E-state index contributed by atoms with van der Waals surface area (Å²) in [5.41, 5.74) is 7.13. The quantitative estimate of drug-likeness (QED) is 0.566. The number of para-hydroxylation sites is 1. The summed E-state index contributed by atoms with van der Waals surface area (Å²) in [4.78, 5) is 3.89. The molecule has 2 aromatic rings. The van der Waals surface area contributed by atoms with Gasteiger partial charge in [0, 0.05) is 10.9 Å². The number of amidine groups is 2. The normalized spacial score (nSPS) is 12.0. The first-order valence-electron chi connectivity index (χ1n) is 4.97. The molecule has 1 aromatic carbocycles. The van der Waals surface area contributed by atoms with Gasteiger partial charge in [0.2, 0.25) is 0 Å². The molecular formula is C12H13N3O. The maximum Gasteiger partial charge on any atom is 0.190 e. The van der Waals surface area contributed by atoms with Crippen LogP contribution in [0.2, 0.25) is 0 Å². The number of nitrogens with two attached hydrogens (primary N) is 1.